The monoisotopic (exact) mass is 203 g/mol. The Labute approximate surface area is 91.6 Å². The zero-order chi connectivity index (χ0) is 11.1. The predicted molar refractivity (Wildman–Crippen MR) is 62.9 cm³/mol. The van der Waals surface area contributed by atoms with Crippen LogP contribution in [0, 0.1) is 11.8 Å². The van der Waals surface area contributed by atoms with Crippen LogP contribution in [0.1, 0.15) is 25.5 Å². The zero-order valence-corrected chi connectivity index (χ0v) is 9.50. The lowest BCUT2D eigenvalue weighted by molar-refractivity contribution is 0.414. The van der Waals surface area contributed by atoms with Gasteiger partial charge in [0.05, 0.1) is 13.7 Å². The molecule has 0 saturated heterocycles. The maximum absolute atomic E-state index is 5.10. The SMILES string of the molecule is CC#CCN[C@H](C)c1ccc(OC)cc1. The Balaban J connectivity index is 2.56. The topological polar surface area (TPSA) is 21.3 Å². The fourth-order valence-corrected chi connectivity index (χ4v) is 1.30. The largest absolute Gasteiger partial charge is 0.497 e. The van der Waals surface area contributed by atoms with Gasteiger partial charge in [-0.2, -0.15) is 0 Å². The van der Waals surface area contributed by atoms with Gasteiger partial charge in [0.1, 0.15) is 5.75 Å². The molecule has 1 N–H and O–H groups in total. The van der Waals surface area contributed by atoms with E-state index in [4.69, 9.17) is 4.74 Å². The van der Waals surface area contributed by atoms with Crippen molar-refractivity contribution in [1.82, 2.24) is 5.32 Å². The van der Waals surface area contributed by atoms with Crippen molar-refractivity contribution in [1.29, 1.82) is 0 Å². The van der Waals surface area contributed by atoms with E-state index in [1.165, 1.54) is 5.56 Å². The second kappa shape index (κ2) is 6.10. The van der Waals surface area contributed by atoms with E-state index in [0.717, 1.165) is 12.3 Å². The maximum Gasteiger partial charge on any atom is 0.118 e. The van der Waals surface area contributed by atoms with Gasteiger partial charge in [0.2, 0.25) is 0 Å². The second-order valence-corrected chi connectivity index (χ2v) is 3.30. The summed E-state index contributed by atoms with van der Waals surface area (Å²) in [5, 5.41) is 3.32. The fourth-order valence-electron chi connectivity index (χ4n) is 1.30. The van der Waals surface area contributed by atoms with E-state index in [0.29, 0.717) is 6.04 Å². The standard InChI is InChI=1S/C13H17NO/c1-4-5-10-14-11(2)12-6-8-13(15-3)9-7-12/h6-9,11,14H,10H2,1-3H3/t11-/m1/s1. The van der Waals surface area contributed by atoms with E-state index in [1.807, 2.05) is 19.1 Å². The summed E-state index contributed by atoms with van der Waals surface area (Å²) in [5.41, 5.74) is 1.24. The molecular formula is C13H17NO. The molecule has 0 bridgehead atoms. The number of nitrogens with one attached hydrogen (secondary N) is 1. The molecule has 1 aromatic rings. The summed E-state index contributed by atoms with van der Waals surface area (Å²) in [6.07, 6.45) is 0. The molecule has 0 aliphatic heterocycles. The first-order valence-corrected chi connectivity index (χ1v) is 5.05. The molecule has 1 rings (SSSR count). The number of ether oxygens (including phenoxy) is 1. The van der Waals surface area contributed by atoms with Crippen LogP contribution in [-0.4, -0.2) is 13.7 Å². The van der Waals surface area contributed by atoms with Crippen molar-refractivity contribution in [3.8, 4) is 17.6 Å². The van der Waals surface area contributed by atoms with Crippen LogP contribution < -0.4 is 10.1 Å². The number of benzene rings is 1. The van der Waals surface area contributed by atoms with Crippen molar-refractivity contribution < 1.29 is 4.74 Å². The van der Waals surface area contributed by atoms with Gasteiger partial charge in [-0.25, -0.2) is 0 Å². The molecule has 2 nitrogen and oxygen atoms in total. The quantitative estimate of drug-likeness (QED) is 0.758. The van der Waals surface area contributed by atoms with E-state index in [-0.39, 0.29) is 0 Å². The number of hydrogen-bond donors (Lipinski definition) is 1. The van der Waals surface area contributed by atoms with E-state index in [9.17, 15) is 0 Å². The smallest absolute Gasteiger partial charge is 0.118 e. The Morgan fingerprint density at radius 1 is 1.33 bits per heavy atom. The number of methoxy groups -OCH3 is 1. The maximum atomic E-state index is 5.10. The predicted octanol–water partition coefficient (Wildman–Crippen LogP) is 2.37. The first kappa shape index (κ1) is 11.6. The molecule has 0 heterocycles. The van der Waals surface area contributed by atoms with Gasteiger partial charge in [-0.05, 0) is 31.5 Å². The van der Waals surface area contributed by atoms with Gasteiger partial charge >= 0.3 is 0 Å². The van der Waals surface area contributed by atoms with Gasteiger partial charge in [0, 0.05) is 6.04 Å². The third-order valence-electron chi connectivity index (χ3n) is 2.29. The Hall–Kier alpha value is -1.46. The number of hydrogen-bond acceptors (Lipinski definition) is 2. The van der Waals surface area contributed by atoms with Crippen LogP contribution in [0.5, 0.6) is 5.75 Å². The zero-order valence-electron chi connectivity index (χ0n) is 9.50. The van der Waals surface area contributed by atoms with Crippen LogP contribution in [0.15, 0.2) is 24.3 Å². The van der Waals surface area contributed by atoms with Gasteiger partial charge in [-0.15, -0.1) is 5.92 Å². The molecule has 80 valence electrons. The fraction of sp³-hybridized carbons (Fsp3) is 0.385. The van der Waals surface area contributed by atoms with Gasteiger partial charge in [0.25, 0.3) is 0 Å². The van der Waals surface area contributed by atoms with Crippen molar-refractivity contribution in [3.05, 3.63) is 29.8 Å². The third kappa shape index (κ3) is 3.65. The second-order valence-electron chi connectivity index (χ2n) is 3.30. The molecular weight excluding hydrogens is 186 g/mol. The molecule has 0 aliphatic rings. The minimum absolute atomic E-state index is 0.316. The van der Waals surface area contributed by atoms with Crippen molar-refractivity contribution in [3.63, 3.8) is 0 Å². The summed E-state index contributed by atoms with van der Waals surface area (Å²) < 4.78 is 5.10. The van der Waals surface area contributed by atoms with Crippen molar-refractivity contribution in [2.24, 2.45) is 0 Å². The summed E-state index contributed by atoms with van der Waals surface area (Å²) in [7, 11) is 1.67. The lowest BCUT2D eigenvalue weighted by atomic mass is 10.1. The van der Waals surface area contributed by atoms with Crippen molar-refractivity contribution in [2.75, 3.05) is 13.7 Å². The van der Waals surface area contributed by atoms with Crippen molar-refractivity contribution >= 4 is 0 Å². The summed E-state index contributed by atoms with van der Waals surface area (Å²) in [6, 6.07) is 8.39. The lowest BCUT2D eigenvalue weighted by Crippen LogP contribution is -2.18. The molecule has 0 aliphatic carbocycles. The highest BCUT2D eigenvalue weighted by Gasteiger charge is 2.02. The van der Waals surface area contributed by atoms with Crippen LogP contribution in [0.4, 0.5) is 0 Å². The molecule has 0 amide bonds. The average Bonchev–Trinajstić information content (AvgIpc) is 2.29. The Morgan fingerprint density at radius 2 is 2.00 bits per heavy atom. The van der Waals surface area contributed by atoms with E-state index in [1.54, 1.807) is 7.11 Å². The Kier molecular flexibility index (Phi) is 4.73. The van der Waals surface area contributed by atoms with Gasteiger partial charge in [0.15, 0.2) is 0 Å². The first-order valence-electron chi connectivity index (χ1n) is 5.05. The minimum atomic E-state index is 0.316. The molecule has 0 fully saturated rings. The summed E-state index contributed by atoms with van der Waals surface area (Å²) in [5.74, 6) is 6.73. The molecule has 0 saturated carbocycles. The van der Waals surface area contributed by atoms with Gasteiger partial charge in [-0.3, -0.25) is 5.32 Å². The van der Waals surface area contributed by atoms with Crippen LogP contribution in [0.2, 0.25) is 0 Å². The van der Waals surface area contributed by atoms with Crippen molar-refractivity contribution in [2.45, 2.75) is 19.9 Å². The third-order valence-corrected chi connectivity index (χ3v) is 2.29. The van der Waals surface area contributed by atoms with Gasteiger partial charge in [-0.1, -0.05) is 18.1 Å². The molecule has 0 radical (unpaired) electrons. The summed E-state index contributed by atoms with van der Waals surface area (Å²) in [4.78, 5) is 0. The highest BCUT2D eigenvalue weighted by Crippen LogP contribution is 2.16. The van der Waals surface area contributed by atoms with E-state index < -0.39 is 0 Å². The summed E-state index contributed by atoms with van der Waals surface area (Å²) >= 11 is 0. The highest BCUT2D eigenvalue weighted by atomic mass is 16.5. The molecule has 0 spiro atoms. The van der Waals surface area contributed by atoms with Gasteiger partial charge < -0.3 is 4.74 Å². The highest BCUT2D eigenvalue weighted by molar-refractivity contribution is 5.28. The van der Waals surface area contributed by atoms with E-state index in [2.05, 4.69) is 36.2 Å². The minimum Gasteiger partial charge on any atom is -0.497 e. The molecule has 1 atom stereocenters. The normalized spacial score (nSPS) is 11.4. The van der Waals surface area contributed by atoms with Crippen LogP contribution in [-0.2, 0) is 0 Å². The lowest BCUT2D eigenvalue weighted by Gasteiger charge is -2.12. The summed E-state index contributed by atoms with van der Waals surface area (Å²) in [6.45, 7) is 4.70. The van der Waals surface area contributed by atoms with E-state index >= 15 is 0 Å². The molecule has 15 heavy (non-hydrogen) atoms. The molecule has 0 aromatic heterocycles. The Morgan fingerprint density at radius 3 is 2.53 bits per heavy atom. The molecule has 0 unspecified atom stereocenters. The Bertz CT molecular complexity index is 345. The van der Waals surface area contributed by atoms with Crippen LogP contribution >= 0.6 is 0 Å². The average molecular weight is 203 g/mol. The van der Waals surface area contributed by atoms with Crippen LogP contribution in [0.25, 0.3) is 0 Å². The molecule has 2 heteroatoms. The molecule has 1 aromatic carbocycles. The first-order chi connectivity index (χ1) is 7.27. The van der Waals surface area contributed by atoms with Crippen LogP contribution in [0.3, 0.4) is 0 Å². The number of rotatable bonds is 4.